The van der Waals surface area contributed by atoms with Crippen LogP contribution in [0.4, 0.5) is 0 Å². The third kappa shape index (κ3) is 2.40. The summed E-state index contributed by atoms with van der Waals surface area (Å²) in [5.41, 5.74) is 10.8. The van der Waals surface area contributed by atoms with Gasteiger partial charge in [0.05, 0.1) is 6.67 Å². The Hall–Kier alpha value is -0.740. The second kappa shape index (κ2) is 4.20. The highest BCUT2D eigenvalue weighted by Gasteiger charge is 2.08. The molecular weight excluding hydrogens is 140 g/mol. The normalized spacial score (nSPS) is 16.5. The van der Waals surface area contributed by atoms with E-state index in [0.717, 1.165) is 19.8 Å². The molecule has 0 saturated heterocycles. The number of hydrogen-bond donors (Lipinski definition) is 2. The lowest BCUT2D eigenvalue weighted by molar-refractivity contribution is 0.274. The predicted octanol–water partition coefficient (Wildman–Crippen LogP) is -1.05. The van der Waals surface area contributed by atoms with Crippen molar-refractivity contribution >= 4 is 0 Å². The van der Waals surface area contributed by atoms with Gasteiger partial charge in [0.15, 0.2) is 0 Å². The first-order chi connectivity index (χ1) is 5.36. The lowest BCUT2D eigenvalue weighted by Gasteiger charge is -2.19. The maximum Gasteiger partial charge on any atom is 0.0894 e. The van der Waals surface area contributed by atoms with Crippen molar-refractivity contribution in [3.63, 3.8) is 0 Å². The Morgan fingerprint density at radius 2 is 1.45 bits per heavy atom. The molecule has 0 spiro atoms. The van der Waals surface area contributed by atoms with Gasteiger partial charge in [0.1, 0.15) is 0 Å². The van der Waals surface area contributed by atoms with E-state index in [1.54, 1.807) is 0 Å². The quantitative estimate of drug-likeness (QED) is 0.545. The lowest BCUT2D eigenvalue weighted by Crippen LogP contribution is -2.31. The van der Waals surface area contributed by atoms with Gasteiger partial charge >= 0.3 is 0 Å². The first-order valence-corrected chi connectivity index (χ1v) is 3.93. The molecule has 11 heavy (non-hydrogen) atoms. The Morgan fingerprint density at radius 1 is 1.00 bits per heavy atom. The molecule has 1 aliphatic heterocycles. The minimum atomic E-state index is 0.709. The SMILES string of the molecule is NCCN1C=CN(CCN)C1. The Labute approximate surface area is 67.4 Å². The zero-order valence-corrected chi connectivity index (χ0v) is 6.74. The van der Waals surface area contributed by atoms with E-state index in [9.17, 15) is 0 Å². The minimum Gasteiger partial charge on any atom is -0.357 e. The molecule has 0 aromatic rings. The summed E-state index contributed by atoms with van der Waals surface area (Å²) in [6.07, 6.45) is 4.12. The van der Waals surface area contributed by atoms with Crippen LogP contribution < -0.4 is 11.5 Å². The van der Waals surface area contributed by atoms with Crippen LogP contribution in [0.25, 0.3) is 0 Å². The maximum absolute atomic E-state index is 5.41. The van der Waals surface area contributed by atoms with Crippen LogP contribution in [-0.4, -0.2) is 42.6 Å². The van der Waals surface area contributed by atoms with Gasteiger partial charge in [-0.3, -0.25) is 0 Å². The molecule has 0 aromatic heterocycles. The fourth-order valence-electron chi connectivity index (χ4n) is 1.14. The van der Waals surface area contributed by atoms with Crippen molar-refractivity contribution in [2.24, 2.45) is 11.5 Å². The molecule has 64 valence electrons. The van der Waals surface area contributed by atoms with Gasteiger partial charge in [0.25, 0.3) is 0 Å². The highest BCUT2D eigenvalue weighted by atomic mass is 15.3. The monoisotopic (exact) mass is 156 g/mol. The second-order valence-electron chi connectivity index (χ2n) is 2.64. The molecule has 0 atom stereocenters. The largest absolute Gasteiger partial charge is 0.357 e. The summed E-state index contributed by atoms with van der Waals surface area (Å²) in [5.74, 6) is 0. The molecular formula is C7H16N4. The summed E-state index contributed by atoms with van der Waals surface area (Å²) in [4.78, 5) is 4.35. The molecule has 0 radical (unpaired) electrons. The van der Waals surface area contributed by atoms with Crippen LogP contribution in [0.1, 0.15) is 0 Å². The van der Waals surface area contributed by atoms with Crippen molar-refractivity contribution in [2.75, 3.05) is 32.8 Å². The average Bonchev–Trinajstić information content (AvgIpc) is 2.38. The molecule has 0 amide bonds. The summed E-state index contributed by atoms with van der Waals surface area (Å²) < 4.78 is 0. The molecule has 0 saturated carbocycles. The van der Waals surface area contributed by atoms with E-state index in [1.165, 1.54) is 0 Å². The summed E-state index contributed by atoms with van der Waals surface area (Å²) >= 11 is 0. The van der Waals surface area contributed by atoms with E-state index in [-0.39, 0.29) is 0 Å². The van der Waals surface area contributed by atoms with Crippen LogP contribution in [0, 0.1) is 0 Å². The molecule has 0 aromatic carbocycles. The summed E-state index contributed by atoms with van der Waals surface area (Å²) in [6.45, 7) is 4.21. The van der Waals surface area contributed by atoms with Gasteiger partial charge in [-0.1, -0.05) is 0 Å². The molecule has 0 fully saturated rings. The van der Waals surface area contributed by atoms with Gasteiger partial charge in [-0.25, -0.2) is 0 Å². The standard InChI is InChI=1S/C7H16N4/c8-1-3-10-5-6-11(7-10)4-2-9/h5-6H,1-4,7-9H2. The fraction of sp³-hybridized carbons (Fsp3) is 0.714. The van der Waals surface area contributed by atoms with Gasteiger partial charge in [-0.05, 0) is 0 Å². The Balaban J connectivity index is 2.19. The smallest absolute Gasteiger partial charge is 0.0894 e. The molecule has 4 heteroatoms. The van der Waals surface area contributed by atoms with E-state index in [0.29, 0.717) is 13.1 Å². The summed E-state index contributed by atoms with van der Waals surface area (Å²) in [6, 6.07) is 0. The van der Waals surface area contributed by atoms with Crippen molar-refractivity contribution in [1.82, 2.24) is 9.80 Å². The van der Waals surface area contributed by atoms with Crippen LogP contribution in [-0.2, 0) is 0 Å². The van der Waals surface area contributed by atoms with Crippen LogP contribution in [0.2, 0.25) is 0 Å². The van der Waals surface area contributed by atoms with Crippen molar-refractivity contribution in [3.8, 4) is 0 Å². The van der Waals surface area contributed by atoms with Crippen molar-refractivity contribution in [2.45, 2.75) is 0 Å². The third-order valence-electron chi connectivity index (χ3n) is 1.68. The Kier molecular flexibility index (Phi) is 3.19. The van der Waals surface area contributed by atoms with E-state index >= 15 is 0 Å². The molecule has 1 heterocycles. The molecule has 0 unspecified atom stereocenters. The Morgan fingerprint density at radius 3 is 1.82 bits per heavy atom. The number of nitrogens with zero attached hydrogens (tertiary/aromatic N) is 2. The van der Waals surface area contributed by atoms with Crippen molar-refractivity contribution < 1.29 is 0 Å². The van der Waals surface area contributed by atoms with Crippen LogP contribution >= 0.6 is 0 Å². The molecule has 4 N–H and O–H groups in total. The van der Waals surface area contributed by atoms with Crippen LogP contribution in [0.15, 0.2) is 12.4 Å². The highest BCUT2D eigenvalue weighted by molar-refractivity contribution is 4.90. The topological polar surface area (TPSA) is 58.5 Å². The maximum atomic E-state index is 5.41. The lowest BCUT2D eigenvalue weighted by atomic mass is 10.5. The van der Waals surface area contributed by atoms with Gasteiger partial charge < -0.3 is 21.3 Å². The van der Waals surface area contributed by atoms with E-state index in [2.05, 4.69) is 22.2 Å². The zero-order valence-electron chi connectivity index (χ0n) is 6.74. The van der Waals surface area contributed by atoms with Crippen LogP contribution in [0.3, 0.4) is 0 Å². The first kappa shape index (κ1) is 8.36. The molecule has 0 aliphatic carbocycles. The van der Waals surface area contributed by atoms with Gasteiger partial charge in [-0.15, -0.1) is 0 Å². The summed E-state index contributed by atoms with van der Waals surface area (Å²) in [7, 11) is 0. The Bertz CT molecular complexity index is 120. The second-order valence-corrected chi connectivity index (χ2v) is 2.64. The molecule has 1 aliphatic rings. The van der Waals surface area contributed by atoms with Crippen molar-refractivity contribution in [1.29, 1.82) is 0 Å². The van der Waals surface area contributed by atoms with Crippen molar-refractivity contribution in [3.05, 3.63) is 12.4 Å². The van der Waals surface area contributed by atoms with E-state index in [4.69, 9.17) is 11.5 Å². The number of rotatable bonds is 4. The molecule has 0 bridgehead atoms. The van der Waals surface area contributed by atoms with Gasteiger partial charge in [0, 0.05) is 38.6 Å². The number of nitrogens with two attached hydrogens (primary N) is 2. The summed E-state index contributed by atoms with van der Waals surface area (Å²) in [5, 5.41) is 0. The van der Waals surface area contributed by atoms with E-state index in [1.807, 2.05) is 0 Å². The molecule has 1 rings (SSSR count). The highest BCUT2D eigenvalue weighted by Crippen LogP contribution is 2.03. The average molecular weight is 156 g/mol. The van der Waals surface area contributed by atoms with Crippen LogP contribution in [0.5, 0.6) is 0 Å². The number of hydrogen-bond acceptors (Lipinski definition) is 4. The zero-order chi connectivity index (χ0) is 8.10. The van der Waals surface area contributed by atoms with Gasteiger partial charge in [0.2, 0.25) is 0 Å². The first-order valence-electron chi connectivity index (χ1n) is 3.93. The third-order valence-corrected chi connectivity index (χ3v) is 1.68. The van der Waals surface area contributed by atoms with Gasteiger partial charge in [-0.2, -0.15) is 0 Å². The predicted molar refractivity (Wildman–Crippen MR) is 45.5 cm³/mol. The molecule has 4 nitrogen and oxygen atoms in total. The fourth-order valence-corrected chi connectivity index (χ4v) is 1.14. The van der Waals surface area contributed by atoms with E-state index < -0.39 is 0 Å². The minimum absolute atomic E-state index is 0.709.